The van der Waals surface area contributed by atoms with E-state index in [0.717, 1.165) is 36.8 Å². The van der Waals surface area contributed by atoms with Crippen LogP contribution in [0.2, 0.25) is 0 Å². The van der Waals surface area contributed by atoms with Crippen LogP contribution in [-0.2, 0) is 12.8 Å². The summed E-state index contributed by atoms with van der Waals surface area (Å²) in [5.41, 5.74) is 9.24. The fourth-order valence-corrected chi connectivity index (χ4v) is 4.64. The van der Waals surface area contributed by atoms with Gasteiger partial charge in [-0.25, -0.2) is 4.98 Å². The van der Waals surface area contributed by atoms with E-state index in [2.05, 4.69) is 18.8 Å². The van der Waals surface area contributed by atoms with Crippen molar-refractivity contribution >= 4 is 28.6 Å². The predicted molar refractivity (Wildman–Crippen MR) is 153 cm³/mol. The van der Waals surface area contributed by atoms with Gasteiger partial charge in [-0.3, -0.25) is 4.79 Å². The van der Waals surface area contributed by atoms with Crippen molar-refractivity contribution in [3.63, 3.8) is 0 Å². The number of hydrogen-bond donors (Lipinski definition) is 2. The molecule has 3 aromatic rings. The zero-order chi connectivity index (χ0) is 27.8. The summed E-state index contributed by atoms with van der Waals surface area (Å²) in [5, 5.41) is 11.4. The van der Waals surface area contributed by atoms with Crippen LogP contribution in [0.3, 0.4) is 0 Å². The van der Waals surface area contributed by atoms with E-state index in [1.54, 1.807) is 26.4 Å². The quantitative estimate of drug-likeness (QED) is 0.328. The number of phenolic OH excluding ortho intramolecular Hbond substituents is 1. The summed E-state index contributed by atoms with van der Waals surface area (Å²) in [7, 11) is 3.15. The highest BCUT2D eigenvalue weighted by atomic mass is 16.5. The van der Waals surface area contributed by atoms with E-state index in [1.807, 2.05) is 35.8 Å². The number of fused-ring (bicyclic) bond motifs is 1. The lowest BCUT2D eigenvalue weighted by molar-refractivity contribution is 0.0768. The number of rotatable bonds is 13. The monoisotopic (exact) mass is 523 g/mol. The van der Waals surface area contributed by atoms with Gasteiger partial charge in [0.1, 0.15) is 11.6 Å². The number of benzene rings is 2. The molecule has 0 saturated heterocycles. The molecule has 0 aliphatic heterocycles. The van der Waals surface area contributed by atoms with Gasteiger partial charge in [-0.05, 0) is 56.0 Å². The third-order valence-electron chi connectivity index (χ3n) is 6.75. The molecule has 0 spiro atoms. The first-order chi connectivity index (χ1) is 18.3. The molecule has 0 unspecified atom stereocenters. The first kappa shape index (κ1) is 28.8. The molecule has 206 valence electrons. The minimum Gasteiger partial charge on any atom is -0.507 e. The number of anilines is 2. The summed E-state index contributed by atoms with van der Waals surface area (Å²) in [6.07, 6.45) is 3.26. The Morgan fingerprint density at radius 2 is 1.50 bits per heavy atom. The van der Waals surface area contributed by atoms with Gasteiger partial charge in [0, 0.05) is 43.2 Å². The van der Waals surface area contributed by atoms with E-state index in [0.29, 0.717) is 71.7 Å². The molecule has 3 rings (SSSR count). The first-order valence-electron chi connectivity index (χ1n) is 13.4. The van der Waals surface area contributed by atoms with E-state index in [-0.39, 0.29) is 5.91 Å². The number of aromatic hydroxyl groups is 1. The third kappa shape index (κ3) is 6.20. The zero-order valence-electron chi connectivity index (χ0n) is 23.5. The molecule has 9 heteroatoms. The maximum Gasteiger partial charge on any atom is 0.253 e. The van der Waals surface area contributed by atoms with Crippen molar-refractivity contribution in [2.45, 2.75) is 53.4 Å². The van der Waals surface area contributed by atoms with Gasteiger partial charge in [-0.15, -0.1) is 0 Å². The smallest absolute Gasteiger partial charge is 0.253 e. The molecule has 0 radical (unpaired) electrons. The minimum absolute atomic E-state index is 0.0472. The normalized spacial score (nSPS) is 11.0. The van der Waals surface area contributed by atoms with Crippen LogP contribution >= 0.6 is 0 Å². The van der Waals surface area contributed by atoms with Crippen LogP contribution in [0.15, 0.2) is 24.3 Å². The van der Waals surface area contributed by atoms with Crippen molar-refractivity contribution in [3.8, 4) is 17.2 Å². The summed E-state index contributed by atoms with van der Waals surface area (Å²) in [5.74, 6) is 2.25. The van der Waals surface area contributed by atoms with E-state index >= 15 is 0 Å². The van der Waals surface area contributed by atoms with Crippen LogP contribution in [0.25, 0.3) is 10.9 Å². The maximum absolute atomic E-state index is 13.5. The topological polar surface area (TPSA) is 114 Å². The summed E-state index contributed by atoms with van der Waals surface area (Å²) < 4.78 is 10.8. The number of carbonyl (C=O) groups excluding carboxylic acids is 1. The standard InChI is InChI=1S/C29H41N5O4/c1-7-11-19-15-21(16-20(12-8-2)26(19)35)28(36)33(9-3)13-14-34(10-4)29-31-23-18-25(38-6)24(37-5)17-22(23)27(30)32-29/h15-18,35H,7-14H2,1-6H3,(H2,30,31,32). The third-order valence-corrected chi connectivity index (χ3v) is 6.75. The van der Waals surface area contributed by atoms with Gasteiger partial charge >= 0.3 is 0 Å². The summed E-state index contributed by atoms with van der Waals surface area (Å²) in [6, 6.07) is 7.25. The number of phenols is 1. The molecule has 9 nitrogen and oxygen atoms in total. The lowest BCUT2D eigenvalue weighted by atomic mass is 9.97. The van der Waals surface area contributed by atoms with Crippen LogP contribution in [-0.4, -0.2) is 66.3 Å². The Hall–Kier alpha value is -3.75. The molecule has 3 N–H and O–H groups in total. The second kappa shape index (κ2) is 13.2. The van der Waals surface area contributed by atoms with Crippen molar-refractivity contribution in [2.75, 3.05) is 51.0 Å². The van der Waals surface area contributed by atoms with Crippen LogP contribution < -0.4 is 20.1 Å². The molecule has 0 bridgehead atoms. The molecule has 1 heterocycles. The Morgan fingerprint density at radius 3 is 2.03 bits per heavy atom. The molecular formula is C29H41N5O4. The fourth-order valence-electron chi connectivity index (χ4n) is 4.64. The number of carbonyl (C=O) groups is 1. The molecule has 0 aliphatic rings. The molecule has 1 amide bonds. The highest BCUT2D eigenvalue weighted by Gasteiger charge is 2.20. The van der Waals surface area contributed by atoms with E-state index < -0.39 is 0 Å². The number of methoxy groups -OCH3 is 2. The molecule has 0 saturated carbocycles. The van der Waals surface area contributed by atoms with E-state index in [4.69, 9.17) is 20.2 Å². The number of nitrogen functional groups attached to an aromatic ring is 1. The molecule has 0 fully saturated rings. The van der Waals surface area contributed by atoms with Crippen molar-refractivity contribution in [2.24, 2.45) is 0 Å². The number of ether oxygens (including phenoxy) is 2. The second-order valence-corrected chi connectivity index (χ2v) is 9.24. The highest BCUT2D eigenvalue weighted by Crippen LogP contribution is 2.34. The average molecular weight is 524 g/mol. The van der Waals surface area contributed by atoms with Crippen molar-refractivity contribution in [3.05, 3.63) is 41.0 Å². The number of amides is 1. The van der Waals surface area contributed by atoms with Gasteiger partial charge in [-0.2, -0.15) is 4.98 Å². The molecular weight excluding hydrogens is 482 g/mol. The number of hydrogen-bond acceptors (Lipinski definition) is 8. The maximum atomic E-state index is 13.5. The van der Waals surface area contributed by atoms with Gasteiger partial charge in [0.2, 0.25) is 5.95 Å². The zero-order valence-corrected chi connectivity index (χ0v) is 23.5. The van der Waals surface area contributed by atoms with Crippen molar-refractivity contribution in [1.82, 2.24) is 14.9 Å². The Kier molecular flexibility index (Phi) is 9.98. The van der Waals surface area contributed by atoms with Gasteiger partial charge in [0.05, 0.1) is 19.7 Å². The Balaban J connectivity index is 1.85. The second-order valence-electron chi connectivity index (χ2n) is 9.24. The number of nitrogens with two attached hydrogens (primary N) is 1. The van der Waals surface area contributed by atoms with Crippen molar-refractivity contribution < 1.29 is 19.4 Å². The number of aryl methyl sites for hydroxylation is 2. The Labute approximate surface area is 225 Å². The van der Waals surface area contributed by atoms with Gasteiger partial charge < -0.3 is 30.1 Å². The number of likely N-dealkylation sites (N-methyl/N-ethyl adjacent to an activating group) is 2. The van der Waals surface area contributed by atoms with Gasteiger partial charge in [0.25, 0.3) is 5.91 Å². The summed E-state index contributed by atoms with van der Waals surface area (Å²) in [4.78, 5) is 26.7. The van der Waals surface area contributed by atoms with Crippen molar-refractivity contribution in [1.29, 1.82) is 0 Å². The predicted octanol–water partition coefficient (Wildman–Crippen LogP) is 4.83. The molecule has 0 atom stereocenters. The van der Waals surface area contributed by atoms with Crippen LogP contribution in [0, 0.1) is 0 Å². The SMILES string of the molecule is CCCc1cc(C(=O)N(CC)CCN(CC)c2nc(N)c3cc(OC)c(OC)cc3n2)cc(CCC)c1O. The summed E-state index contributed by atoms with van der Waals surface area (Å²) in [6.45, 7) is 10.4. The van der Waals surface area contributed by atoms with Crippen LogP contribution in [0.4, 0.5) is 11.8 Å². The summed E-state index contributed by atoms with van der Waals surface area (Å²) >= 11 is 0. The molecule has 0 aliphatic carbocycles. The van der Waals surface area contributed by atoms with E-state index in [1.165, 1.54) is 0 Å². The molecule has 2 aromatic carbocycles. The Bertz CT molecular complexity index is 1240. The highest BCUT2D eigenvalue weighted by molar-refractivity contribution is 5.95. The largest absolute Gasteiger partial charge is 0.507 e. The van der Waals surface area contributed by atoms with Crippen LogP contribution in [0.1, 0.15) is 62.0 Å². The van der Waals surface area contributed by atoms with Gasteiger partial charge in [-0.1, -0.05) is 26.7 Å². The first-order valence-corrected chi connectivity index (χ1v) is 13.4. The Morgan fingerprint density at radius 1 is 0.895 bits per heavy atom. The fraction of sp³-hybridized carbons (Fsp3) is 0.483. The number of nitrogens with zero attached hydrogens (tertiary/aromatic N) is 4. The van der Waals surface area contributed by atoms with Crippen LogP contribution in [0.5, 0.6) is 17.2 Å². The molecule has 38 heavy (non-hydrogen) atoms. The minimum atomic E-state index is -0.0472. The lowest BCUT2D eigenvalue weighted by Crippen LogP contribution is -2.39. The van der Waals surface area contributed by atoms with E-state index in [9.17, 15) is 9.90 Å². The molecule has 1 aromatic heterocycles. The number of aromatic nitrogens is 2. The average Bonchev–Trinajstić information content (AvgIpc) is 2.92. The van der Waals surface area contributed by atoms with Gasteiger partial charge in [0.15, 0.2) is 11.5 Å². The lowest BCUT2D eigenvalue weighted by Gasteiger charge is -2.27.